The second-order valence-electron chi connectivity index (χ2n) is 5.47. The molecule has 0 atom stereocenters. The highest BCUT2D eigenvalue weighted by atomic mass is 19.1. The van der Waals surface area contributed by atoms with Crippen molar-refractivity contribution in [2.45, 2.75) is 19.5 Å². The number of hydrogen-bond donors (Lipinski definition) is 0. The molecule has 5 nitrogen and oxygen atoms in total. The zero-order valence-electron chi connectivity index (χ0n) is 13.3. The maximum Gasteiger partial charge on any atom is 0.229 e. The molecular weight excluding hydrogens is 326 g/mol. The van der Waals surface area contributed by atoms with Crippen LogP contribution >= 0.6 is 0 Å². The van der Waals surface area contributed by atoms with E-state index in [1.807, 2.05) is 6.07 Å². The number of hydrogen-bond acceptors (Lipinski definition) is 3. The van der Waals surface area contributed by atoms with E-state index in [1.54, 1.807) is 35.1 Å². The summed E-state index contributed by atoms with van der Waals surface area (Å²) in [4.78, 5) is 14.1. The quantitative estimate of drug-likeness (QED) is 0.691. The fourth-order valence-corrected chi connectivity index (χ4v) is 2.46. The van der Waals surface area contributed by atoms with Crippen LogP contribution in [0.3, 0.4) is 0 Å². The Bertz CT molecular complexity index is 838. The molecule has 0 saturated carbocycles. The van der Waals surface area contributed by atoms with Crippen LogP contribution in [-0.2, 0) is 17.9 Å². The van der Waals surface area contributed by atoms with Gasteiger partial charge >= 0.3 is 0 Å². The van der Waals surface area contributed by atoms with Gasteiger partial charge in [-0.15, -0.1) is 5.10 Å². The van der Waals surface area contributed by atoms with Gasteiger partial charge in [0.15, 0.2) is 0 Å². The van der Waals surface area contributed by atoms with Crippen LogP contribution in [0.15, 0.2) is 60.9 Å². The Balaban J connectivity index is 1.82. The number of aromatic nitrogens is 3. The topological polar surface area (TPSA) is 51.0 Å². The number of carbonyl (C=O) groups excluding carboxylic acids is 1. The molecule has 7 heteroatoms. The summed E-state index contributed by atoms with van der Waals surface area (Å²) in [6.45, 7) is 0.303. The molecule has 0 bridgehead atoms. The summed E-state index contributed by atoms with van der Waals surface area (Å²) in [5.41, 5.74) is 0.743. The number of benzene rings is 2. The van der Waals surface area contributed by atoms with Crippen molar-refractivity contribution in [2.75, 3.05) is 4.90 Å². The van der Waals surface area contributed by atoms with Gasteiger partial charge in [0.2, 0.25) is 5.91 Å². The number of carbonyl (C=O) groups is 1. The molecule has 0 aliphatic carbocycles. The van der Waals surface area contributed by atoms with Crippen molar-refractivity contribution < 1.29 is 13.6 Å². The van der Waals surface area contributed by atoms with Crippen molar-refractivity contribution >= 4 is 11.6 Å². The molecule has 3 rings (SSSR count). The highest BCUT2D eigenvalue weighted by Gasteiger charge is 2.18. The summed E-state index contributed by atoms with van der Waals surface area (Å²) < 4.78 is 29.0. The minimum absolute atomic E-state index is 0.0518. The molecule has 25 heavy (non-hydrogen) atoms. The molecule has 0 aliphatic rings. The summed E-state index contributed by atoms with van der Waals surface area (Å²) >= 11 is 0. The van der Waals surface area contributed by atoms with E-state index in [0.29, 0.717) is 12.2 Å². The molecule has 0 aliphatic heterocycles. The lowest BCUT2D eigenvalue weighted by Crippen LogP contribution is -2.31. The molecule has 3 aromatic rings. The van der Waals surface area contributed by atoms with Crippen LogP contribution in [0.4, 0.5) is 14.5 Å². The first kappa shape index (κ1) is 16.8. The molecule has 0 saturated heterocycles. The first-order valence-corrected chi connectivity index (χ1v) is 7.77. The van der Waals surface area contributed by atoms with E-state index in [1.165, 1.54) is 11.1 Å². The van der Waals surface area contributed by atoms with Crippen molar-refractivity contribution in [2.24, 2.45) is 0 Å². The smallest absolute Gasteiger partial charge is 0.229 e. The van der Waals surface area contributed by atoms with Gasteiger partial charge in [-0.1, -0.05) is 23.4 Å². The van der Waals surface area contributed by atoms with Crippen LogP contribution in [0, 0.1) is 11.6 Å². The average Bonchev–Trinajstić information content (AvgIpc) is 3.14. The Morgan fingerprint density at radius 2 is 1.92 bits per heavy atom. The number of rotatable bonds is 6. The number of aryl methyl sites for hydroxylation is 1. The van der Waals surface area contributed by atoms with Crippen LogP contribution in [0.5, 0.6) is 0 Å². The Morgan fingerprint density at radius 1 is 1.12 bits per heavy atom. The first-order valence-electron chi connectivity index (χ1n) is 7.77. The maximum atomic E-state index is 14.0. The minimum atomic E-state index is -0.550. The standard InChI is InChI=1S/C18H16F2N4O/c19-15-6-7-17(20)14(12-15)13-24(16-4-2-1-3-5-16)18(25)8-10-23-11-9-21-22-23/h1-7,9,11-12H,8,10,13H2. The third-order valence-corrected chi connectivity index (χ3v) is 3.73. The molecule has 0 radical (unpaired) electrons. The molecular formula is C18H16F2N4O. The third-order valence-electron chi connectivity index (χ3n) is 3.73. The molecule has 0 spiro atoms. The summed E-state index contributed by atoms with van der Waals surface area (Å²) in [7, 11) is 0. The fourth-order valence-electron chi connectivity index (χ4n) is 2.46. The SMILES string of the molecule is O=C(CCn1ccnn1)N(Cc1cc(F)ccc1F)c1ccccc1. The molecule has 0 N–H and O–H groups in total. The molecule has 128 valence electrons. The molecule has 0 fully saturated rings. The van der Waals surface area contributed by atoms with Gasteiger partial charge in [0.25, 0.3) is 0 Å². The molecule has 2 aromatic carbocycles. The van der Waals surface area contributed by atoms with Crippen molar-refractivity contribution in [3.05, 3.63) is 78.1 Å². The summed E-state index contributed by atoms with van der Waals surface area (Å²) in [5, 5.41) is 7.51. The zero-order chi connectivity index (χ0) is 17.6. The fraction of sp³-hybridized carbons (Fsp3) is 0.167. The van der Waals surface area contributed by atoms with Crippen LogP contribution in [-0.4, -0.2) is 20.9 Å². The van der Waals surface area contributed by atoms with E-state index in [4.69, 9.17) is 0 Å². The maximum absolute atomic E-state index is 14.0. The largest absolute Gasteiger partial charge is 0.308 e. The first-order chi connectivity index (χ1) is 12.1. The molecule has 1 aromatic heterocycles. The molecule has 0 unspecified atom stereocenters. The van der Waals surface area contributed by atoms with Crippen LogP contribution in [0.1, 0.15) is 12.0 Å². The predicted octanol–water partition coefficient (Wildman–Crippen LogP) is 3.18. The van der Waals surface area contributed by atoms with Crippen LogP contribution in [0.25, 0.3) is 0 Å². The van der Waals surface area contributed by atoms with Crippen molar-refractivity contribution in [1.29, 1.82) is 0 Å². The molecule has 1 heterocycles. The van der Waals surface area contributed by atoms with Crippen molar-refractivity contribution in [1.82, 2.24) is 15.0 Å². The Hall–Kier alpha value is -3.09. The number of para-hydroxylation sites is 1. The van der Waals surface area contributed by atoms with Gasteiger partial charge in [0, 0.05) is 23.9 Å². The van der Waals surface area contributed by atoms with Gasteiger partial charge in [0.1, 0.15) is 11.6 Å². The van der Waals surface area contributed by atoms with Crippen LogP contribution < -0.4 is 4.90 Å². The Morgan fingerprint density at radius 3 is 2.64 bits per heavy atom. The minimum Gasteiger partial charge on any atom is -0.308 e. The average molecular weight is 342 g/mol. The lowest BCUT2D eigenvalue weighted by atomic mass is 10.1. The zero-order valence-corrected chi connectivity index (χ0v) is 13.3. The van der Waals surface area contributed by atoms with E-state index in [9.17, 15) is 13.6 Å². The van der Waals surface area contributed by atoms with Crippen molar-refractivity contribution in [3.8, 4) is 0 Å². The predicted molar refractivity (Wildman–Crippen MR) is 88.6 cm³/mol. The number of nitrogens with zero attached hydrogens (tertiary/aromatic N) is 4. The lowest BCUT2D eigenvalue weighted by molar-refractivity contribution is -0.119. The van der Waals surface area contributed by atoms with Gasteiger partial charge in [0.05, 0.1) is 19.3 Å². The van der Waals surface area contributed by atoms with E-state index >= 15 is 0 Å². The van der Waals surface area contributed by atoms with E-state index in [2.05, 4.69) is 10.3 Å². The monoisotopic (exact) mass is 342 g/mol. The van der Waals surface area contributed by atoms with Gasteiger partial charge in [-0.3, -0.25) is 9.48 Å². The third kappa shape index (κ3) is 4.26. The second-order valence-corrected chi connectivity index (χ2v) is 5.47. The Labute approximate surface area is 143 Å². The summed E-state index contributed by atoms with van der Waals surface area (Å²) in [5.74, 6) is -1.31. The highest BCUT2D eigenvalue weighted by Crippen LogP contribution is 2.20. The lowest BCUT2D eigenvalue weighted by Gasteiger charge is -2.23. The number of halogens is 2. The van der Waals surface area contributed by atoms with Gasteiger partial charge in [-0.2, -0.15) is 0 Å². The van der Waals surface area contributed by atoms with E-state index in [-0.39, 0.29) is 24.4 Å². The van der Waals surface area contributed by atoms with E-state index in [0.717, 1.165) is 18.2 Å². The summed E-state index contributed by atoms with van der Waals surface area (Å²) in [6, 6.07) is 12.1. The number of amides is 1. The van der Waals surface area contributed by atoms with Crippen molar-refractivity contribution in [3.63, 3.8) is 0 Å². The highest BCUT2D eigenvalue weighted by molar-refractivity contribution is 5.93. The van der Waals surface area contributed by atoms with Gasteiger partial charge < -0.3 is 4.90 Å². The van der Waals surface area contributed by atoms with E-state index < -0.39 is 11.6 Å². The summed E-state index contributed by atoms with van der Waals surface area (Å²) in [6.07, 6.45) is 3.35. The number of anilines is 1. The van der Waals surface area contributed by atoms with Gasteiger partial charge in [-0.05, 0) is 30.3 Å². The Kier molecular flexibility index (Phi) is 5.13. The van der Waals surface area contributed by atoms with Crippen LogP contribution in [0.2, 0.25) is 0 Å². The van der Waals surface area contributed by atoms with Gasteiger partial charge in [-0.25, -0.2) is 8.78 Å². The molecule has 1 amide bonds. The second kappa shape index (κ2) is 7.65. The normalized spacial score (nSPS) is 10.6.